The zero-order chi connectivity index (χ0) is 15.3. The SMILES string of the molecule is CC(C)C[C@@H](NC(=O)[C@@H](C)c1ccccc1F)C(=O)O. The zero-order valence-electron chi connectivity index (χ0n) is 11.9. The van der Waals surface area contributed by atoms with E-state index in [2.05, 4.69) is 5.32 Å². The van der Waals surface area contributed by atoms with Gasteiger partial charge in [-0.3, -0.25) is 4.79 Å². The Morgan fingerprint density at radius 1 is 1.25 bits per heavy atom. The first-order chi connectivity index (χ1) is 9.32. The van der Waals surface area contributed by atoms with Crippen molar-refractivity contribution in [1.82, 2.24) is 5.32 Å². The van der Waals surface area contributed by atoms with Crippen molar-refractivity contribution in [1.29, 1.82) is 0 Å². The Balaban J connectivity index is 2.79. The second-order valence-electron chi connectivity index (χ2n) is 5.27. The molecule has 0 radical (unpaired) electrons. The van der Waals surface area contributed by atoms with E-state index in [9.17, 15) is 14.0 Å². The zero-order valence-corrected chi connectivity index (χ0v) is 11.9. The third-order valence-corrected chi connectivity index (χ3v) is 3.09. The average Bonchev–Trinajstić information content (AvgIpc) is 2.37. The molecule has 20 heavy (non-hydrogen) atoms. The standard InChI is InChI=1S/C15H20FNO3/c1-9(2)8-13(15(19)20)17-14(18)10(3)11-6-4-5-7-12(11)16/h4-7,9-10,13H,8H2,1-3H3,(H,17,18)(H,19,20)/t10-,13+/m0/s1. The first-order valence-corrected chi connectivity index (χ1v) is 6.60. The quantitative estimate of drug-likeness (QED) is 0.842. The lowest BCUT2D eigenvalue weighted by molar-refractivity contribution is -0.142. The van der Waals surface area contributed by atoms with Crippen LogP contribution in [0.5, 0.6) is 0 Å². The largest absolute Gasteiger partial charge is 0.480 e. The van der Waals surface area contributed by atoms with E-state index in [1.54, 1.807) is 19.1 Å². The van der Waals surface area contributed by atoms with Crippen molar-refractivity contribution in [2.75, 3.05) is 0 Å². The maximum atomic E-state index is 13.6. The number of nitrogens with one attached hydrogen (secondary N) is 1. The lowest BCUT2D eigenvalue weighted by atomic mass is 9.98. The number of hydrogen-bond donors (Lipinski definition) is 2. The number of carbonyl (C=O) groups is 2. The Morgan fingerprint density at radius 2 is 1.85 bits per heavy atom. The minimum atomic E-state index is -1.08. The van der Waals surface area contributed by atoms with Crippen LogP contribution in [-0.2, 0) is 9.59 Å². The molecule has 0 spiro atoms. The first-order valence-electron chi connectivity index (χ1n) is 6.60. The van der Waals surface area contributed by atoms with Crippen LogP contribution in [0.2, 0.25) is 0 Å². The number of carboxylic acids is 1. The van der Waals surface area contributed by atoms with E-state index >= 15 is 0 Å². The molecule has 0 aliphatic heterocycles. The van der Waals surface area contributed by atoms with Crippen molar-refractivity contribution in [3.8, 4) is 0 Å². The fourth-order valence-corrected chi connectivity index (χ4v) is 1.96. The lowest BCUT2D eigenvalue weighted by Gasteiger charge is -2.19. The highest BCUT2D eigenvalue weighted by Gasteiger charge is 2.25. The molecule has 1 aromatic carbocycles. The summed E-state index contributed by atoms with van der Waals surface area (Å²) in [5, 5.41) is 11.6. The van der Waals surface area contributed by atoms with Gasteiger partial charge in [0, 0.05) is 0 Å². The molecule has 0 aromatic heterocycles. The summed E-state index contributed by atoms with van der Waals surface area (Å²) in [7, 11) is 0. The summed E-state index contributed by atoms with van der Waals surface area (Å²) in [6.45, 7) is 5.31. The fourth-order valence-electron chi connectivity index (χ4n) is 1.96. The molecule has 0 aliphatic rings. The highest BCUT2D eigenvalue weighted by molar-refractivity contribution is 5.87. The number of amides is 1. The van der Waals surface area contributed by atoms with E-state index in [0.29, 0.717) is 6.42 Å². The van der Waals surface area contributed by atoms with Gasteiger partial charge in [-0.25, -0.2) is 9.18 Å². The van der Waals surface area contributed by atoms with Gasteiger partial charge in [-0.15, -0.1) is 0 Å². The summed E-state index contributed by atoms with van der Waals surface area (Å²) in [6, 6.07) is 5.05. The molecule has 2 N–H and O–H groups in total. The predicted octanol–water partition coefficient (Wildman–Crippen LogP) is 2.54. The first kappa shape index (κ1) is 16.1. The molecule has 1 aromatic rings. The van der Waals surface area contributed by atoms with Crippen molar-refractivity contribution in [3.63, 3.8) is 0 Å². The maximum Gasteiger partial charge on any atom is 0.326 e. The van der Waals surface area contributed by atoms with Gasteiger partial charge in [0.05, 0.1) is 5.92 Å². The van der Waals surface area contributed by atoms with Gasteiger partial charge in [0.2, 0.25) is 5.91 Å². The molecule has 0 saturated heterocycles. The van der Waals surface area contributed by atoms with Gasteiger partial charge < -0.3 is 10.4 Å². The third-order valence-electron chi connectivity index (χ3n) is 3.09. The lowest BCUT2D eigenvalue weighted by Crippen LogP contribution is -2.43. The summed E-state index contributed by atoms with van der Waals surface area (Å²) in [5.41, 5.74) is 0.263. The molecule has 2 atom stereocenters. The molecule has 110 valence electrons. The molecule has 5 heteroatoms. The average molecular weight is 281 g/mol. The second kappa shape index (κ2) is 7.03. The van der Waals surface area contributed by atoms with Crippen molar-refractivity contribution >= 4 is 11.9 Å². The Hall–Kier alpha value is -1.91. The van der Waals surface area contributed by atoms with E-state index in [4.69, 9.17) is 5.11 Å². The second-order valence-corrected chi connectivity index (χ2v) is 5.27. The van der Waals surface area contributed by atoms with Gasteiger partial charge in [-0.1, -0.05) is 32.0 Å². The van der Waals surface area contributed by atoms with E-state index in [1.165, 1.54) is 12.1 Å². The Morgan fingerprint density at radius 3 is 2.35 bits per heavy atom. The minimum absolute atomic E-state index is 0.139. The molecule has 0 heterocycles. The summed E-state index contributed by atoms with van der Waals surface area (Å²) in [4.78, 5) is 23.2. The predicted molar refractivity (Wildman–Crippen MR) is 73.8 cm³/mol. The summed E-state index contributed by atoms with van der Waals surface area (Å²) in [5.74, 6) is -2.62. The van der Waals surface area contributed by atoms with Gasteiger partial charge in [0.1, 0.15) is 11.9 Å². The Labute approximate surface area is 118 Å². The van der Waals surface area contributed by atoms with Crippen LogP contribution in [-0.4, -0.2) is 23.0 Å². The fraction of sp³-hybridized carbons (Fsp3) is 0.467. The Kier molecular flexibility index (Phi) is 5.67. The maximum absolute atomic E-state index is 13.6. The van der Waals surface area contributed by atoms with Crippen LogP contribution in [0.25, 0.3) is 0 Å². The summed E-state index contributed by atoms with van der Waals surface area (Å²) < 4.78 is 13.6. The topological polar surface area (TPSA) is 66.4 Å². The highest BCUT2D eigenvalue weighted by Crippen LogP contribution is 2.19. The number of aliphatic carboxylic acids is 1. The van der Waals surface area contributed by atoms with Crippen LogP contribution in [0.1, 0.15) is 38.7 Å². The number of carboxylic acid groups (broad SMARTS) is 1. The van der Waals surface area contributed by atoms with E-state index in [1.807, 2.05) is 13.8 Å². The summed E-state index contributed by atoms with van der Waals surface area (Å²) >= 11 is 0. The van der Waals surface area contributed by atoms with Gasteiger partial charge in [0.25, 0.3) is 0 Å². The van der Waals surface area contributed by atoms with E-state index in [0.717, 1.165) is 0 Å². The molecular weight excluding hydrogens is 261 g/mol. The van der Waals surface area contributed by atoms with Crippen molar-refractivity contribution in [2.24, 2.45) is 5.92 Å². The molecule has 0 aliphatic carbocycles. The van der Waals surface area contributed by atoms with Crippen molar-refractivity contribution in [3.05, 3.63) is 35.6 Å². The van der Waals surface area contributed by atoms with E-state index < -0.39 is 29.7 Å². The van der Waals surface area contributed by atoms with Crippen molar-refractivity contribution in [2.45, 2.75) is 39.2 Å². The van der Waals surface area contributed by atoms with Gasteiger partial charge in [-0.05, 0) is 30.9 Å². The monoisotopic (exact) mass is 281 g/mol. The van der Waals surface area contributed by atoms with E-state index in [-0.39, 0.29) is 11.5 Å². The minimum Gasteiger partial charge on any atom is -0.480 e. The van der Waals surface area contributed by atoms with Crippen LogP contribution in [0, 0.1) is 11.7 Å². The number of halogens is 1. The van der Waals surface area contributed by atoms with Crippen molar-refractivity contribution < 1.29 is 19.1 Å². The highest BCUT2D eigenvalue weighted by atomic mass is 19.1. The van der Waals surface area contributed by atoms with Gasteiger partial charge in [-0.2, -0.15) is 0 Å². The normalized spacial score (nSPS) is 13.8. The van der Waals surface area contributed by atoms with Crippen LogP contribution >= 0.6 is 0 Å². The van der Waals surface area contributed by atoms with Crippen LogP contribution in [0.15, 0.2) is 24.3 Å². The molecule has 4 nitrogen and oxygen atoms in total. The summed E-state index contributed by atoms with van der Waals surface area (Å²) in [6.07, 6.45) is 0.338. The molecule has 1 rings (SSSR count). The molecule has 0 bridgehead atoms. The van der Waals surface area contributed by atoms with Crippen LogP contribution < -0.4 is 5.32 Å². The molecule has 0 saturated carbocycles. The molecule has 0 unspecified atom stereocenters. The number of hydrogen-bond acceptors (Lipinski definition) is 2. The number of benzene rings is 1. The third kappa shape index (κ3) is 4.33. The van der Waals surface area contributed by atoms with Crippen LogP contribution in [0.4, 0.5) is 4.39 Å². The number of carbonyl (C=O) groups excluding carboxylic acids is 1. The molecule has 1 amide bonds. The van der Waals surface area contributed by atoms with Gasteiger partial charge in [0.15, 0.2) is 0 Å². The Bertz CT molecular complexity index is 488. The molecular formula is C15H20FNO3. The number of rotatable bonds is 6. The molecule has 0 fully saturated rings. The van der Waals surface area contributed by atoms with Gasteiger partial charge >= 0.3 is 5.97 Å². The smallest absolute Gasteiger partial charge is 0.326 e. The van der Waals surface area contributed by atoms with Crippen LogP contribution in [0.3, 0.4) is 0 Å².